The number of benzene rings is 2. The molecule has 0 saturated carbocycles. The molecule has 110 valence electrons. The molecule has 0 bridgehead atoms. The molecule has 0 radical (unpaired) electrons. The third-order valence-electron chi connectivity index (χ3n) is 2.93. The molecule has 0 aliphatic carbocycles. The monoisotopic (exact) mass is 366 g/mol. The smallest absolute Gasteiger partial charge is 0.200 e. The number of nitrogens with zero attached hydrogens (tertiary/aromatic N) is 1. The summed E-state index contributed by atoms with van der Waals surface area (Å²) in [4.78, 5) is 2.42. The fourth-order valence-corrected chi connectivity index (χ4v) is 2.78. The Balaban J connectivity index is 2.18. The zero-order valence-corrected chi connectivity index (χ0v) is 14.1. The van der Waals surface area contributed by atoms with E-state index in [0.717, 1.165) is 15.6 Å². The average molecular weight is 367 g/mol. The Morgan fingerprint density at radius 1 is 1.05 bits per heavy atom. The summed E-state index contributed by atoms with van der Waals surface area (Å²) in [5.74, 6) is 0. The number of nitrogens with one attached hydrogen (secondary N) is 1. The third kappa shape index (κ3) is 4.15. The van der Waals surface area contributed by atoms with Gasteiger partial charge in [0.25, 0.3) is 10.0 Å². The molecule has 0 aliphatic rings. The molecule has 2 aromatic rings. The molecule has 0 atom stereocenters. The predicted molar refractivity (Wildman–Crippen MR) is 87.9 cm³/mol. The van der Waals surface area contributed by atoms with E-state index in [2.05, 4.69) is 25.9 Å². The normalized spacial score (nSPS) is 12.2. The second kappa shape index (κ2) is 6.41. The van der Waals surface area contributed by atoms with E-state index in [1.807, 2.05) is 31.2 Å². The molecular weight excluding hydrogens is 352 g/mol. The number of halogens is 1. The van der Waals surface area contributed by atoms with Gasteiger partial charge in [0.05, 0.1) is 10.6 Å². The molecule has 0 spiro atoms. The van der Waals surface area contributed by atoms with Crippen LogP contribution >= 0.6 is 15.9 Å². The summed E-state index contributed by atoms with van der Waals surface area (Å²) in [5.41, 5.74) is 2.62. The quantitative estimate of drug-likeness (QED) is 0.665. The van der Waals surface area contributed by atoms with E-state index < -0.39 is 10.0 Å². The van der Waals surface area contributed by atoms with Crippen molar-refractivity contribution in [1.82, 2.24) is 4.83 Å². The zero-order chi connectivity index (χ0) is 15.5. The minimum absolute atomic E-state index is 0.172. The van der Waals surface area contributed by atoms with Crippen molar-refractivity contribution in [1.29, 1.82) is 0 Å². The maximum Gasteiger partial charge on any atom is 0.276 e. The number of rotatable bonds is 4. The summed E-state index contributed by atoms with van der Waals surface area (Å²) in [6, 6.07) is 14.1. The van der Waals surface area contributed by atoms with Gasteiger partial charge in [0, 0.05) is 4.47 Å². The largest absolute Gasteiger partial charge is 0.276 e. The van der Waals surface area contributed by atoms with E-state index >= 15 is 0 Å². The predicted octanol–water partition coefficient (Wildman–Crippen LogP) is 3.46. The lowest BCUT2D eigenvalue weighted by molar-refractivity contribution is 0.584. The summed E-state index contributed by atoms with van der Waals surface area (Å²) >= 11 is 3.27. The van der Waals surface area contributed by atoms with Gasteiger partial charge in [0.2, 0.25) is 0 Å². The standard InChI is InChI=1S/C15H15BrN2O2S/c1-11-3-5-13(6-4-11)12(2)17-18-21(19,20)15-9-7-14(16)8-10-15/h3-10,18H,1-2H3/b17-12+. The van der Waals surface area contributed by atoms with Crippen LogP contribution in [0.25, 0.3) is 0 Å². The molecule has 2 rings (SSSR count). The van der Waals surface area contributed by atoms with Gasteiger partial charge in [-0.05, 0) is 43.7 Å². The first-order chi connectivity index (χ1) is 9.88. The van der Waals surface area contributed by atoms with Gasteiger partial charge in [-0.3, -0.25) is 0 Å². The number of aryl methyl sites for hydroxylation is 1. The van der Waals surface area contributed by atoms with Crippen LogP contribution in [0.2, 0.25) is 0 Å². The lowest BCUT2D eigenvalue weighted by Gasteiger charge is -2.06. The van der Waals surface area contributed by atoms with Crippen LogP contribution in [0.4, 0.5) is 0 Å². The average Bonchev–Trinajstić information content (AvgIpc) is 2.46. The van der Waals surface area contributed by atoms with E-state index in [-0.39, 0.29) is 4.90 Å². The lowest BCUT2D eigenvalue weighted by Crippen LogP contribution is -2.19. The Bertz CT molecular complexity index is 751. The summed E-state index contributed by atoms with van der Waals surface area (Å²) in [7, 11) is -3.65. The van der Waals surface area contributed by atoms with Gasteiger partial charge in [-0.1, -0.05) is 45.8 Å². The van der Waals surface area contributed by atoms with Gasteiger partial charge in [0.15, 0.2) is 0 Å². The van der Waals surface area contributed by atoms with Crippen molar-refractivity contribution in [2.75, 3.05) is 0 Å². The minimum atomic E-state index is -3.65. The second-order valence-electron chi connectivity index (χ2n) is 4.61. The van der Waals surface area contributed by atoms with E-state index in [1.165, 1.54) is 12.1 Å². The van der Waals surface area contributed by atoms with Crippen molar-refractivity contribution in [2.24, 2.45) is 5.10 Å². The molecule has 0 heterocycles. The summed E-state index contributed by atoms with van der Waals surface area (Å²) < 4.78 is 25.0. The molecule has 0 unspecified atom stereocenters. The summed E-state index contributed by atoms with van der Waals surface area (Å²) in [6.07, 6.45) is 0. The highest BCUT2D eigenvalue weighted by Crippen LogP contribution is 2.14. The molecule has 0 fully saturated rings. The molecule has 0 amide bonds. The number of hydrogen-bond donors (Lipinski definition) is 1. The van der Waals surface area contributed by atoms with Crippen LogP contribution < -0.4 is 4.83 Å². The van der Waals surface area contributed by atoms with Crippen LogP contribution in [0, 0.1) is 6.92 Å². The highest BCUT2D eigenvalue weighted by molar-refractivity contribution is 9.10. The molecule has 0 saturated heterocycles. The van der Waals surface area contributed by atoms with Crippen molar-refractivity contribution in [3.8, 4) is 0 Å². The van der Waals surface area contributed by atoms with Gasteiger partial charge in [-0.15, -0.1) is 0 Å². The van der Waals surface area contributed by atoms with Gasteiger partial charge in [0.1, 0.15) is 0 Å². The Labute approximate surface area is 133 Å². The van der Waals surface area contributed by atoms with Crippen LogP contribution in [0.5, 0.6) is 0 Å². The molecule has 21 heavy (non-hydrogen) atoms. The molecule has 2 aromatic carbocycles. The van der Waals surface area contributed by atoms with Crippen molar-refractivity contribution < 1.29 is 8.42 Å². The van der Waals surface area contributed by atoms with Gasteiger partial charge >= 0.3 is 0 Å². The van der Waals surface area contributed by atoms with E-state index in [4.69, 9.17) is 0 Å². The number of hydrogen-bond acceptors (Lipinski definition) is 3. The van der Waals surface area contributed by atoms with Crippen LogP contribution in [0.15, 0.2) is 63.0 Å². The van der Waals surface area contributed by atoms with Gasteiger partial charge in [-0.25, -0.2) is 0 Å². The Hall–Kier alpha value is -1.66. The van der Waals surface area contributed by atoms with E-state index in [1.54, 1.807) is 19.1 Å². The minimum Gasteiger partial charge on any atom is -0.200 e. The molecular formula is C15H15BrN2O2S. The first kappa shape index (κ1) is 15.7. The van der Waals surface area contributed by atoms with E-state index in [9.17, 15) is 8.42 Å². The van der Waals surface area contributed by atoms with E-state index in [0.29, 0.717) is 5.71 Å². The number of hydrazone groups is 1. The summed E-state index contributed by atoms with van der Waals surface area (Å²) in [6.45, 7) is 3.75. The van der Waals surface area contributed by atoms with Crippen molar-refractivity contribution in [3.63, 3.8) is 0 Å². The Morgan fingerprint density at radius 2 is 1.62 bits per heavy atom. The first-order valence-corrected chi connectivity index (χ1v) is 8.55. The molecule has 6 heteroatoms. The number of sulfonamides is 1. The highest BCUT2D eigenvalue weighted by atomic mass is 79.9. The summed E-state index contributed by atoms with van der Waals surface area (Å²) in [5, 5.41) is 3.96. The molecule has 1 N–H and O–H groups in total. The zero-order valence-electron chi connectivity index (χ0n) is 11.7. The van der Waals surface area contributed by atoms with Crippen LogP contribution in [0.3, 0.4) is 0 Å². The van der Waals surface area contributed by atoms with Crippen LogP contribution in [-0.4, -0.2) is 14.1 Å². The Kier molecular flexibility index (Phi) is 4.80. The van der Waals surface area contributed by atoms with Crippen molar-refractivity contribution >= 4 is 31.7 Å². The van der Waals surface area contributed by atoms with Crippen molar-refractivity contribution in [3.05, 3.63) is 64.1 Å². The molecule has 0 aliphatic heterocycles. The SMILES string of the molecule is C/C(=N\NS(=O)(=O)c1ccc(Br)cc1)c1ccc(C)cc1. The van der Waals surface area contributed by atoms with Crippen LogP contribution in [-0.2, 0) is 10.0 Å². The van der Waals surface area contributed by atoms with Gasteiger partial charge in [-0.2, -0.15) is 18.4 Å². The van der Waals surface area contributed by atoms with Crippen molar-refractivity contribution in [2.45, 2.75) is 18.7 Å². The highest BCUT2D eigenvalue weighted by Gasteiger charge is 2.12. The molecule has 0 aromatic heterocycles. The first-order valence-electron chi connectivity index (χ1n) is 6.27. The maximum atomic E-state index is 12.1. The van der Waals surface area contributed by atoms with Gasteiger partial charge < -0.3 is 0 Å². The third-order valence-corrected chi connectivity index (χ3v) is 4.68. The second-order valence-corrected chi connectivity index (χ2v) is 7.19. The fourth-order valence-electron chi connectivity index (χ4n) is 1.65. The topological polar surface area (TPSA) is 58.5 Å². The molecule has 4 nitrogen and oxygen atoms in total. The maximum absolute atomic E-state index is 12.1. The fraction of sp³-hybridized carbons (Fsp3) is 0.133. The Morgan fingerprint density at radius 3 is 2.19 bits per heavy atom. The van der Waals surface area contributed by atoms with Crippen LogP contribution in [0.1, 0.15) is 18.1 Å². The lowest BCUT2D eigenvalue weighted by atomic mass is 10.1.